The summed E-state index contributed by atoms with van der Waals surface area (Å²) in [6, 6.07) is 7.37. The number of H-pyrrole nitrogens is 1. The zero-order valence-electron chi connectivity index (χ0n) is 15.6. The minimum absolute atomic E-state index is 0.0253. The number of nitrogens with one attached hydrogen (secondary N) is 2. The Kier molecular flexibility index (Phi) is 6.74. The van der Waals surface area contributed by atoms with E-state index >= 15 is 0 Å². The zero-order valence-corrected chi connectivity index (χ0v) is 16.3. The molecule has 3 rings (SSSR count). The summed E-state index contributed by atoms with van der Waals surface area (Å²) in [7, 11) is 0. The molecule has 1 aromatic heterocycles. The smallest absolute Gasteiger partial charge is 0.270 e. The fourth-order valence-corrected chi connectivity index (χ4v) is 3.58. The van der Waals surface area contributed by atoms with Gasteiger partial charge >= 0.3 is 0 Å². The van der Waals surface area contributed by atoms with E-state index in [4.69, 9.17) is 16.3 Å². The van der Waals surface area contributed by atoms with Gasteiger partial charge in [-0.3, -0.25) is 9.59 Å². The summed E-state index contributed by atoms with van der Waals surface area (Å²) in [5.74, 6) is 0.0272. The SMILES string of the molecule is CCOCCCNC(=O)C1CCN(C(=O)c2cc3ccc(Cl)cc3[nH]2)CC1. The number of hydrogen-bond acceptors (Lipinski definition) is 3. The lowest BCUT2D eigenvalue weighted by Crippen LogP contribution is -2.43. The van der Waals surface area contributed by atoms with Crippen LogP contribution in [0.15, 0.2) is 24.3 Å². The number of aromatic amines is 1. The van der Waals surface area contributed by atoms with E-state index in [0.717, 1.165) is 17.3 Å². The second-order valence-corrected chi connectivity index (χ2v) is 7.26. The first-order valence-corrected chi connectivity index (χ1v) is 9.89. The number of piperidine rings is 1. The number of nitrogens with zero attached hydrogens (tertiary/aromatic N) is 1. The van der Waals surface area contributed by atoms with Gasteiger partial charge in [-0.05, 0) is 44.4 Å². The van der Waals surface area contributed by atoms with Crippen molar-refractivity contribution < 1.29 is 14.3 Å². The highest BCUT2D eigenvalue weighted by Gasteiger charge is 2.28. The summed E-state index contributed by atoms with van der Waals surface area (Å²) in [5, 5.41) is 4.57. The van der Waals surface area contributed by atoms with E-state index in [0.29, 0.717) is 56.4 Å². The molecule has 2 aromatic rings. The lowest BCUT2D eigenvalue weighted by Gasteiger charge is -2.31. The molecule has 7 heteroatoms. The average Bonchev–Trinajstić information content (AvgIpc) is 3.10. The van der Waals surface area contributed by atoms with E-state index in [9.17, 15) is 9.59 Å². The van der Waals surface area contributed by atoms with Crippen molar-refractivity contribution in [3.8, 4) is 0 Å². The van der Waals surface area contributed by atoms with E-state index in [1.165, 1.54) is 0 Å². The van der Waals surface area contributed by atoms with Crippen LogP contribution >= 0.6 is 11.6 Å². The van der Waals surface area contributed by atoms with Gasteiger partial charge in [0, 0.05) is 54.7 Å². The number of carbonyl (C=O) groups is 2. The van der Waals surface area contributed by atoms with Crippen molar-refractivity contribution in [2.24, 2.45) is 5.92 Å². The Morgan fingerprint density at radius 3 is 2.81 bits per heavy atom. The second kappa shape index (κ2) is 9.24. The number of amides is 2. The summed E-state index contributed by atoms with van der Waals surface area (Å²) < 4.78 is 5.27. The van der Waals surface area contributed by atoms with Gasteiger partial charge in [-0.15, -0.1) is 0 Å². The van der Waals surface area contributed by atoms with E-state index in [-0.39, 0.29) is 17.7 Å². The lowest BCUT2D eigenvalue weighted by atomic mass is 9.95. The molecule has 2 amide bonds. The summed E-state index contributed by atoms with van der Waals surface area (Å²) in [6.07, 6.45) is 2.20. The molecule has 6 nitrogen and oxygen atoms in total. The van der Waals surface area contributed by atoms with Crippen LogP contribution in [0.2, 0.25) is 5.02 Å². The summed E-state index contributed by atoms with van der Waals surface area (Å²) >= 11 is 6.00. The van der Waals surface area contributed by atoms with E-state index in [1.54, 1.807) is 0 Å². The molecule has 0 saturated carbocycles. The first kappa shape index (κ1) is 19.7. The van der Waals surface area contributed by atoms with Crippen molar-refractivity contribution in [2.45, 2.75) is 26.2 Å². The number of hydrogen-bond donors (Lipinski definition) is 2. The van der Waals surface area contributed by atoms with E-state index in [1.807, 2.05) is 36.1 Å². The van der Waals surface area contributed by atoms with Gasteiger partial charge in [0.1, 0.15) is 5.69 Å². The minimum Gasteiger partial charge on any atom is -0.382 e. The number of benzene rings is 1. The van der Waals surface area contributed by atoms with Crippen LogP contribution in [0.5, 0.6) is 0 Å². The molecule has 0 spiro atoms. The molecule has 0 atom stereocenters. The van der Waals surface area contributed by atoms with E-state index < -0.39 is 0 Å². The van der Waals surface area contributed by atoms with E-state index in [2.05, 4.69) is 10.3 Å². The van der Waals surface area contributed by atoms with Gasteiger partial charge in [-0.2, -0.15) is 0 Å². The predicted molar refractivity (Wildman–Crippen MR) is 106 cm³/mol. The predicted octanol–water partition coefficient (Wildman–Crippen LogP) is 3.22. The molecule has 0 bridgehead atoms. The molecule has 1 saturated heterocycles. The number of fused-ring (bicyclic) bond motifs is 1. The summed E-state index contributed by atoms with van der Waals surface area (Å²) in [6.45, 7) is 5.13. The monoisotopic (exact) mass is 391 g/mol. The first-order chi connectivity index (χ1) is 13.1. The largest absolute Gasteiger partial charge is 0.382 e. The Bertz CT molecular complexity index is 797. The minimum atomic E-state index is -0.0297. The van der Waals surface area contributed by atoms with Crippen LogP contribution in [-0.2, 0) is 9.53 Å². The molecule has 1 aromatic carbocycles. The van der Waals surface area contributed by atoms with Gasteiger partial charge < -0.3 is 19.9 Å². The number of rotatable bonds is 7. The first-order valence-electron chi connectivity index (χ1n) is 9.51. The zero-order chi connectivity index (χ0) is 19.2. The van der Waals surface area contributed by atoms with Gasteiger partial charge in [-0.1, -0.05) is 17.7 Å². The van der Waals surface area contributed by atoms with Crippen LogP contribution < -0.4 is 5.32 Å². The molecule has 0 unspecified atom stereocenters. The van der Waals surface area contributed by atoms with Gasteiger partial charge in [-0.25, -0.2) is 0 Å². The van der Waals surface area contributed by atoms with Crippen LogP contribution in [-0.4, -0.2) is 54.5 Å². The van der Waals surface area contributed by atoms with Crippen molar-refractivity contribution in [3.05, 3.63) is 35.0 Å². The Morgan fingerprint density at radius 1 is 1.30 bits per heavy atom. The number of carbonyl (C=O) groups excluding carboxylic acids is 2. The molecule has 1 aliphatic rings. The Hall–Kier alpha value is -2.05. The summed E-state index contributed by atoms with van der Waals surface area (Å²) in [4.78, 5) is 30.0. The van der Waals surface area contributed by atoms with Gasteiger partial charge in [0.15, 0.2) is 0 Å². The number of aromatic nitrogens is 1. The molecule has 146 valence electrons. The Labute approximate surface area is 164 Å². The molecular formula is C20H26ClN3O3. The van der Waals surface area contributed by atoms with Crippen molar-refractivity contribution >= 4 is 34.3 Å². The van der Waals surface area contributed by atoms with Crippen LogP contribution in [0, 0.1) is 5.92 Å². The molecule has 2 N–H and O–H groups in total. The molecule has 1 aliphatic heterocycles. The maximum Gasteiger partial charge on any atom is 0.270 e. The standard InChI is InChI=1S/C20H26ClN3O3/c1-2-27-11-3-8-22-19(25)14-6-9-24(10-7-14)20(26)18-12-15-4-5-16(21)13-17(15)23-18/h4-5,12-14,23H,2-3,6-11H2,1H3,(H,22,25). The normalized spacial score (nSPS) is 15.3. The fourth-order valence-electron chi connectivity index (χ4n) is 3.40. The number of ether oxygens (including phenoxy) is 1. The third kappa shape index (κ3) is 5.02. The molecule has 1 fully saturated rings. The molecule has 2 heterocycles. The molecule has 0 radical (unpaired) electrons. The maximum absolute atomic E-state index is 12.8. The highest BCUT2D eigenvalue weighted by atomic mass is 35.5. The quantitative estimate of drug-likeness (QED) is 0.711. The van der Waals surface area contributed by atoms with Gasteiger partial charge in [0.25, 0.3) is 5.91 Å². The van der Waals surface area contributed by atoms with Crippen molar-refractivity contribution in [1.82, 2.24) is 15.2 Å². The van der Waals surface area contributed by atoms with Crippen LogP contribution in [0.4, 0.5) is 0 Å². The van der Waals surface area contributed by atoms with Crippen molar-refractivity contribution in [2.75, 3.05) is 32.8 Å². The second-order valence-electron chi connectivity index (χ2n) is 6.82. The highest BCUT2D eigenvalue weighted by molar-refractivity contribution is 6.31. The number of likely N-dealkylation sites (tertiary alicyclic amines) is 1. The van der Waals surface area contributed by atoms with Crippen molar-refractivity contribution in [1.29, 1.82) is 0 Å². The van der Waals surface area contributed by atoms with Gasteiger partial charge in [0.2, 0.25) is 5.91 Å². The topological polar surface area (TPSA) is 74.4 Å². The summed E-state index contributed by atoms with van der Waals surface area (Å²) in [5.41, 5.74) is 1.42. The fraction of sp³-hybridized carbons (Fsp3) is 0.500. The van der Waals surface area contributed by atoms with Crippen LogP contribution in [0.3, 0.4) is 0 Å². The van der Waals surface area contributed by atoms with Crippen LogP contribution in [0.1, 0.15) is 36.7 Å². The Balaban J connectivity index is 1.49. The van der Waals surface area contributed by atoms with Crippen molar-refractivity contribution in [3.63, 3.8) is 0 Å². The molecule has 27 heavy (non-hydrogen) atoms. The average molecular weight is 392 g/mol. The third-order valence-electron chi connectivity index (χ3n) is 4.94. The highest BCUT2D eigenvalue weighted by Crippen LogP contribution is 2.23. The molecule has 0 aliphatic carbocycles. The third-order valence-corrected chi connectivity index (χ3v) is 5.17. The maximum atomic E-state index is 12.8. The lowest BCUT2D eigenvalue weighted by molar-refractivity contribution is -0.126. The Morgan fingerprint density at radius 2 is 2.07 bits per heavy atom. The van der Waals surface area contributed by atoms with Gasteiger partial charge in [0.05, 0.1) is 0 Å². The van der Waals surface area contributed by atoms with Crippen LogP contribution in [0.25, 0.3) is 10.9 Å². The molecular weight excluding hydrogens is 366 g/mol. The number of halogens is 1.